The van der Waals surface area contributed by atoms with Crippen molar-refractivity contribution in [2.45, 2.75) is 37.1 Å². The number of fused-ring (bicyclic) bond motifs is 1. The standard InChI is InChI=1S/C36H33F5N4O2S/c1-22-27(17-28-29(36(39,40)41)9-5-10-30(28)37)35-45(34(46)32(22)26-8-4-11-31(47-2)33(26)38)25(21-48-35)20-44-14-12-43(13-15-44)19-24-7-3-6-23(16-24)18-42/h3-11,16,25H,12-15,17,19-21H2,1-2H3. The molecule has 3 aromatic carbocycles. The number of benzene rings is 3. The highest BCUT2D eigenvalue weighted by Gasteiger charge is 2.37. The Morgan fingerprint density at radius 3 is 2.40 bits per heavy atom. The molecule has 12 heteroatoms. The second-order valence-electron chi connectivity index (χ2n) is 12.1. The molecule has 6 rings (SSSR count). The number of methoxy groups -OCH3 is 1. The number of nitrogens with zero attached hydrogens (tertiary/aromatic N) is 4. The summed E-state index contributed by atoms with van der Waals surface area (Å²) >= 11 is 1.36. The van der Waals surface area contributed by atoms with Gasteiger partial charge >= 0.3 is 6.18 Å². The Bertz CT molecular complexity index is 1950. The number of hydrogen-bond acceptors (Lipinski definition) is 6. The highest BCUT2D eigenvalue weighted by molar-refractivity contribution is 7.99. The maximum absolute atomic E-state index is 15.7. The van der Waals surface area contributed by atoms with Gasteiger partial charge in [-0.15, -0.1) is 11.8 Å². The van der Waals surface area contributed by atoms with E-state index in [1.54, 1.807) is 23.6 Å². The van der Waals surface area contributed by atoms with E-state index in [0.29, 0.717) is 40.6 Å². The Morgan fingerprint density at radius 1 is 0.979 bits per heavy atom. The minimum absolute atomic E-state index is 0.0203. The molecule has 1 aromatic heterocycles. The van der Waals surface area contributed by atoms with E-state index in [1.807, 2.05) is 18.2 Å². The van der Waals surface area contributed by atoms with E-state index >= 15 is 8.78 Å². The summed E-state index contributed by atoms with van der Waals surface area (Å²) in [4.78, 5) is 18.9. The first kappa shape index (κ1) is 33.7. The van der Waals surface area contributed by atoms with Crippen LogP contribution >= 0.6 is 11.8 Å². The van der Waals surface area contributed by atoms with Crippen molar-refractivity contribution in [3.05, 3.63) is 116 Å². The number of aromatic nitrogens is 1. The van der Waals surface area contributed by atoms with Crippen LogP contribution < -0.4 is 10.3 Å². The van der Waals surface area contributed by atoms with Gasteiger partial charge in [-0.3, -0.25) is 19.2 Å². The first-order valence-corrected chi connectivity index (χ1v) is 16.5. The van der Waals surface area contributed by atoms with Gasteiger partial charge in [0.25, 0.3) is 5.56 Å². The summed E-state index contributed by atoms with van der Waals surface area (Å²) in [5, 5.41) is 9.70. The van der Waals surface area contributed by atoms with Crippen molar-refractivity contribution in [3.8, 4) is 22.9 Å². The number of nitriles is 1. The van der Waals surface area contributed by atoms with Gasteiger partial charge in [-0.1, -0.05) is 30.3 Å². The average Bonchev–Trinajstić information content (AvgIpc) is 3.48. The van der Waals surface area contributed by atoms with E-state index in [9.17, 15) is 23.2 Å². The smallest absolute Gasteiger partial charge is 0.416 e. The summed E-state index contributed by atoms with van der Waals surface area (Å²) in [6, 6.07) is 16.6. The lowest BCUT2D eigenvalue weighted by molar-refractivity contribution is -0.138. The van der Waals surface area contributed by atoms with Crippen LogP contribution in [0.4, 0.5) is 22.0 Å². The second-order valence-corrected chi connectivity index (χ2v) is 13.1. The van der Waals surface area contributed by atoms with Crippen molar-refractivity contribution in [1.82, 2.24) is 14.4 Å². The van der Waals surface area contributed by atoms with E-state index in [1.165, 1.54) is 31.0 Å². The van der Waals surface area contributed by atoms with Crippen molar-refractivity contribution in [2.24, 2.45) is 0 Å². The van der Waals surface area contributed by atoms with Gasteiger partial charge in [-0.05, 0) is 53.9 Å². The lowest BCUT2D eigenvalue weighted by Crippen LogP contribution is -2.48. The molecule has 1 atom stereocenters. The number of hydrogen-bond donors (Lipinski definition) is 0. The molecule has 250 valence electrons. The van der Waals surface area contributed by atoms with E-state index < -0.39 is 40.9 Å². The van der Waals surface area contributed by atoms with Crippen LogP contribution in [0.1, 0.15) is 39.4 Å². The van der Waals surface area contributed by atoms with Crippen LogP contribution in [0.3, 0.4) is 0 Å². The fraction of sp³-hybridized carbons (Fsp3) is 0.333. The van der Waals surface area contributed by atoms with Gasteiger partial charge in [0.15, 0.2) is 11.6 Å². The van der Waals surface area contributed by atoms with Gasteiger partial charge < -0.3 is 4.74 Å². The van der Waals surface area contributed by atoms with Crippen LogP contribution in [-0.4, -0.2) is 60.0 Å². The number of alkyl halides is 3. The van der Waals surface area contributed by atoms with E-state index in [-0.39, 0.29) is 22.9 Å². The molecular weight excluding hydrogens is 647 g/mol. The lowest BCUT2D eigenvalue weighted by Gasteiger charge is -2.36. The number of thioether (sulfide) groups is 1. The third-order valence-electron chi connectivity index (χ3n) is 9.14. The maximum atomic E-state index is 15.7. The Kier molecular flexibility index (Phi) is 9.65. The number of rotatable bonds is 8. The summed E-state index contributed by atoms with van der Waals surface area (Å²) in [7, 11) is 1.31. The third-order valence-corrected chi connectivity index (χ3v) is 10.4. The van der Waals surface area contributed by atoms with Gasteiger partial charge in [0.2, 0.25) is 0 Å². The molecule has 1 fully saturated rings. The van der Waals surface area contributed by atoms with Gasteiger partial charge in [-0.25, -0.2) is 8.78 Å². The van der Waals surface area contributed by atoms with Crippen molar-refractivity contribution in [3.63, 3.8) is 0 Å². The fourth-order valence-electron chi connectivity index (χ4n) is 6.70. The molecular formula is C36H33F5N4O2S. The van der Waals surface area contributed by atoms with Gasteiger partial charge in [0.05, 0.1) is 40.9 Å². The quantitative estimate of drug-likeness (QED) is 0.186. The minimum atomic E-state index is -4.79. The van der Waals surface area contributed by atoms with Gasteiger partial charge in [0, 0.05) is 62.6 Å². The Balaban J connectivity index is 1.35. The van der Waals surface area contributed by atoms with Gasteiger partial charge in [0.1, 0.15) is 5.82 Å². The number of halogens is 5. The monoisotopic (exact) mass is 680 g/mol. The second kappa shape index (κ2) is 13.7. The predicted octanol–water partition coefficient (Wildman–Crippen LogP) is 7.06. The molecule has 0 spiro atoms. The van der Waals surface area contributed by atoms with Crippen molar-refractivity contribution in [1.29, 1.82) is 5.26 Å². The molecule has 0 amide bonds. The Hall–Kier alpha value is -4.18. The first-order valence-electron chi connectivity index (χ1n) is 15.5. The van der Waals surface area contributed by atoms with Gasteiger partial charge in [-0.2, -0.15) is 18.4 Å². The molecule has 0 aliphatic carbocycles. The Labute approximate surface area is 279 Å². The highest BCUT2D eigenvalue weighted by atomic mass is 32.2. The summed E-state index contributed by atoms with van der Waals surface area (Å²) in [6.07, 6.45) is -5.22. The lowest BCUT2D eigenvalue weighted by atomic mass is 9.92. The zero-order valence-corrected chi connectivity index (χ0v) is 27.2. The number of ether oxygens (including phenoxy) is 1. The largest absolute Gasteiger partial charge is 0.494 e. The van der Waals surface area contributed by atoms with Crippen LogP contribution in [0.15, 0.2) is 70.5 Å². The number of piperazine rings is 1. The van der Waals surface area contributed by atoms with Crippen LogP contribution in [0.25, 0.3) is 11.1 Å². The predicted molar refractivity (Wildman–Crippen MR) is 174 cm³/mol. The van der Waals surface area contributed by atoms with E-state index in [2.05, 4.69) is 15.9 Å². The molecule has 2 aliphatic rings. The van der Waals surface area contributed by atoms with Crippen LogP contribution in [-0.2, 0) is 19.1 Å². The topological polar surface area (TPSA) is 61.5 Å². The van der Waals surface area contributed by atoms with Crippen molar-refractivity contribution in [2.75, 3.05) is 45.6 Å². The third kappa shape index (κ3) is 6.59. The summed E-state index contributed by atoms with van der Waals surface area (Å²) < 4.78 is 79.7. The highest BCUT2D eigenvalue weighted by Crippen LogP contribution is 2.42. The average molecular weight is 681 g/mol. The minimum Gasteiger partial charge on any atom is -0.494 e. The first-order chi connectivity index (χ1) is 23.0. The number of pyridine rings is 1. The zero-order valence-electron chi connectivity index (χ0n) is 26.4. The molecule has 0 radical (unpaired) electrons. The molecule has 4 aromatic rings. The fourth-order valence-corrected chi connectivity index (χ4v) is 8.07. The van der Waals surface area contributed by atoms with Crippen LogP contribution in [0.5, 0.6) is 5.75 Å². The van der Waals surface area contributed by atoms with Crippen LogP contribution in [0, 0.1) is 29.9 Å². The molecule has 0 saturated carbocycles. The normalized spacial score (nSPS) is 16.9. The molecule has 3 heterocycles. The SMILES string of the molecule is COc1cccc(-c2c(C)c(Cc3c(F)cccc3C(F)(F)F)c3n(c2=O)C(CN2CCN(Cc4cccc(C#N)c4)CC2)CS3)c1F. The van der Waals surface area contributed by atoms with E-state index in [0.717, 1.165) is 49.9 Å². The molecule has 2 aliphatic heterocycles. The summed E-state index contributed by atoms with van der Waals surface area (Å²) in [5.41, 5.74) is 0.269. The maximum Gasteiger partial charge on any atom is 0.416 e. The summed E-state index contributed by atoms with van der Waals surface area (Å²) in [6.45, 7) is 5.79. The van der Waals surface area contributed by atoms with Crippen LogP contribution in [0.2, 0.25) is 0 Å². The summed E-state index contributed by atoms with van der Waals surface area (Å²) in [5.74, 6) is -1.35. The van der Waals surface area contributed by atoms with E-state index in [4.69, 9.17) is 4.74 Å². The molecule has 48 heavy (non-hydrogen) atoms. The Morgan fingerprint density at radius 2 is 1.69 bits per heavy atom. The molecule has 0 bridgehead atoms. The molecule has 0 N–H and O–H groups in total. The molecule has 1 unspecified atom stereocenters. The molecule has 1 saturated heterocycles. The van der Waals surface area contributed by atoms with Crippen molar-refractivity contribution >= 4 is 11.8 Å². The zero-order chi connectivity index (χ0) is 34.2. The van der Waals surface area contributed by atoms with Crippen molar-refractivity contribution < 1.29 is 26.7 Å². The molecule has 6 nitrogen and oxygen atoms in total.